The molecule has 0 saturated carbocycles. The molecule has 2 amide bonds. The van der Waals surface area contributed by atoms with Gasteiger partial charge in [0.1, 0.15) is 11.8 Å². The SMILES string of the molecule is CCNS(=O)(=O)c1ccc(CCC(=O)N(Cc2ccc(OC)cc2)[C@@H](C(=O)NCc2ccccc2)c2ccccc2)cc1. The van der Waals surface area contributed by atoms with Gasteiger partial charge >= 0.3 is 0 Å². The number of aryl methyl sites for hydroxylation is 1. The molecule has 2 N–H and O–H groups in total. The second-order valence-corrected chi connectivity index (χ2v) is 11.8. The van der Waals surface area contributed by atoms with Crippen molar-refractivity contribution in [1.29, 1.82) is 0 Å². The first-order chi connectivity index (χ1) is 20.8. The number of benzene rings is 4. The Bertz CT molecular complexity index is 1580. The number of hydrogen-bond donors (Lipinski definition) is 2. The normalized spacial score (nSPS) is 11.9. The molecular weight excluding hydrogens is 562 g/mol. The number of rotatable bonds is 14. The Morgan fingerprint density at radius 1 is 0.791 bits per heavy atom. The van der Waals surface area contributed by atoms with Crippen molar-refractivity contribution in [3.05, 3.63) is 131 Å². The molecule has 4 rings (SSSR count). The second kappa shape index (κ2) is 15.1. The third-order valence-electron chi connectivity index (χ3n) is 7.01. The fourth-order valence-electron chi connectivity index (χ4n) is 4.74. The summed E-state index contributed by atoms with van der Waals surface area (Å²) in [6.45, 7) is 2.56. The van der Waals surface area contributed by atoms with Crippen LogP contribution < -0.4 is 14.8 Å². The first-order valence-electron chi connectivity index (χ1n) is 14.2. The average Bonchev–Trinajstić information content (AvgIpc) is 3.04. The number of hydrogen-bond acceptors (Lipinski definition) is 5. The van der Waals surface area contributed by atoms with E-state index in [1.54, 1.807) is 31.1 Å². The lowest BCUT2D eigenvalue weighted by molar-refractivity contribution is -0.141. The van der Waals surface area contributed by atoms with Crippen LogP contribution in [0.3, 0.4) is 0 Å². The lowest BCUT2D eigenvalue weighted by atomic mass is 10.0. The summed E-state index contributed by atoms with van der Waals surface area (Å²) >= 11 is 0. The number of carbonyl (C=O) groups excluding carboxylic acids is 2. The minimum atomic E-state index is -3.57. The Balaban J connectivity index is 1.60. The van der Waals surface area contributed by atoms with Crippen molar-refractivity contribution in [2.75, 3.05) is 13.7 Å². The van der Waals surface area contributed by atoms with E-state index in [4.69, 9.17) is 4.74 Å². The Hall–Kier alpha value is -4.47. The molecule has 0 aliphatic heterocycles. The molecule has 0 aliphatic carbocycles. The molecular formula is C34H37N3O5S. The standard InChI is InChI=1S/C34H37N3O5S/c1-3-36-43(40,41)31-21-16-26(17-22-31)18-23-32(38)37(25-28-14-19-30(42-2)20-15-28)33(29-12-8-5-9-13-29)34(39)35-24-27-10-6-4-7-11-27/h4-17,19-22,33,36H,3,18,23-25H2,1-2H3,(H,35,39)/t33-/m1/s1. The highest BCUT2D eigenvalue weighted by Gasteiger charge is 2.31. The van der Waals surface area contributed by atoms with Gasteiger partial charge in [-0.05, 0) is 52.9 Å². The fraction of sp³-hybridized carbons (Fsp3) is 0.235. The van der Waals surface area contributed by atoms with Gasteiger partial charge in [-0.1, -0.05) is 91.9 Å². The van der Waals surface area contributed by atoms with E-state index in [0.29, 0.717) is 30.8 Å². The minimum Gasteiger partial charge on any atom is -0.497 e. The van der Waals surface area contributed by atoms with Gasteiger partial charge in [-0.15, -0.1) is 0 Å². The Morgan fingerprint density at radius 2 is 1.40 bits per heavy atom. The predicted octanol–water partition coefficient (Wildman–Crippen LogP) is 5.01. The summed E-state index contributed by atoms with van der Waals surface area (Å²) in [6.07, 6.45) is 0.511. The van der Waals surface area contributed by atoms with E-state index in [2.05, 4.69) is 10.0 Å². The van der Waals surface area contributed by atoms with E-state index in [-0.39, 0.29) is 29.7 Å². The van der Waals surface area contributed by atoms with Crippen LogP contribution >= 0.6 is 0 Å². The Kier molecular flexibility index (Phi) is 11.1. The van der Waals surface area contributed by atoms with Gasteiger partial charge in [-0.2, -0.15) is 0 Å². The number of ether oxygens (including phenoxy) is 1. The molecule has 0 unspecified atom stereocenters. The van der Waals surface area contributed by atoms with Gasteiger partial charge in [0.15, 0.2) is 0 Å². The Morgan fingerprint density at radius 3 is 2.00 bits per heavy atom. The zero-order valence-electron chi connectivity index (χ0n) is 24.4. The average molecular weight is 600 g/mol. The van der Waals surface area contributed by atoms with Crippen LogP contribution in [0, 0.1) is 0 Å². The maximum absolute atomic E-state index is 14.0. The van der Waals surface area contributed by atoms with Crippen LogP contribution in [0.4, 0.5) is 0 Å². The lowest BCUT2D eigenvalue weighted by Crippen LogP contribution is -2.43. The third kappa shape index (κ3) is 8.76. The monoisotopic (exact) mass is 599 g/mol. The number of nitrogens with one attached hydrogen (secondary N) is 2. The van der Waals surface area contributed by atoms with Crippen LogP contribution in [0.25, 0.3) is 0 Å². The molecule has 8 nitrogen and oxygen atoms in total. The van der Waals surface area contributed by atoms with Gasteiger partial charge < -0.3 is 15.0 Å². The quantitative estimate of drug-likeness (QED) is 0.212. The first kappa shape index (κ1) is 31.5. The largest absolute Gasteiger partial charge is 0.497 e. The molecule has 0 spiro atoms. The highest BCUT2D eigenvalue weighted by Crippen LogP contribution is 2.26. The topological polar surface area (TPSA) is 105 Å². The highest BCUT2D eigenvalue weighted by atomic mass is 32.2. The molecule has 4 aromatic rings. The number of nitrogens with zero attached hydrogens (tertiary/aromatic N) is 1. The zero-order valence-corrected chi connectivity index (χ0v) is 25.2. The van der Waals surface area contributed by atoms with E-state index in [0.717, 1.165) is 16.7 Å². The van der Waals surface area contributed by atoms with Gasteiger partial charge in [0.05, 0.1) is 12.0 Å². The number of sulfonamides is 1. The van der Waals surface area contributed by atoms with E-state index in [9.17, 15) is 18.0 Å². The number of carbonyl (C=O) groups is 2. The van der Waals surface area contributed by atoms with Gasteiger partial charge in [0.2, 0.25) is 21.8 Å². The van der Waals surface area contributed by atoms with Crippen LogP contribution in [0.1, 0.15) is 41.6 Å². The minimum absolute atomic E-state index is 0.130. The van der Waals surface area contributed by atoms with Crippen LogP contribution in [0.15, 0.2) is 114 Å². The summed E-state index contributed by atoms with van der Waals surface area (Å²) in [5.41, 5.74) is 3.32. The van der Waals surface area contributed by atoms with Crippen molar-refractivity contribution in [1.82, 2.24) is 14.9 Å². The maximum Gasteiger partial charge on any atom is 0.247 e. The molecule has 224 valence electrons. The summed E-state index contributed by atoms with van der Waals surface area (Å²) in [6, 6.07) is 32.0. The van der Waals surface area contributed by atoms with Crippen molar-refractivity contribution in [2.45, 2.75) is 43.8 Å². The zero-order chi connectivity index (χ0) is 30.7. The molecule has 9 heteroatoms. The molecule has 0 fully saturated rings. The first-order valence-corrected chi connectivity index (χ1v) is 15.7. The van der Waals surface area contributed by atoms with Crippen LogP contribution in [-0.2, 0) is 39.1 Å². The second-order valence-electron chi connectivity index (χ2n) is 10.0. The molecule has 0 saturated heterocycles. The lowest BCUT2D eigenvalue weighted by Gasteiger charge is -2.32. The molecule has 0 bridgehead atoms. The number of amides is 2. The molecule has 0 aromatic heterocycles. The molecule has 43 heavy (non-hydrogen) atoms. The predicted molar refractivity (Wildman–Crippen MR) is 167 cm³/mol. The molecule has 0 aliphatic rings. The Labute approximate surface area is 253 Å². The van der Waals surface area contributed by atoms with Gasteiger partial charge in [-0.25, -0.2) is 13.1 Å². The summed E-state index contributed by atoms with van der Waals surface area (Å²) in [5.74, 6) is 0.209. The van der Waals surface area contributed by atoms with Crippen molar-refractivity contribution < 1.29 is 22.7 Å². The molecule has 4 aromatic carbocycles. The maximum atomic E-state index is 14.0. The van der Waals surface area contributed by atoms with Gasteiger partial charge in [0.25, 0.3) is 0 Å². The molecule has 0 heterocycles. The molecule has 0 radical (unpaired) electrons. The fourth-order valence-corrected chi connectivity index (χ4v) is 5.79. The molecule has 1 atom stereocenters. The smallest absolute Gasteiger partial charge is 0.247 e. The van der Waals surface area contributed by atoms with Gasteiger partial charge in [-0.3, -0.25) is 9.59 Å². The van der Waals surface area contributed by atoms with E-state index < -0.39 is 16.1 Å². The van der Waals surface area contributed by atoms with Crippen molar-refractivity contribution in [3.8, 4) is 5.75 Å². The van der Waals surface area contributed by atoms with Crippen molar-refractivity contribution >= 4 is 21.8 Å². The third-order valence-corrected chi connectivity index (χ3v) is 8.57. The van der Waals surface area contributed by atoms with Crippen molar-refractivity contribution in [2.24, 2.45) is 0 Å². The van der Waals surface area contributed by atoms with E-state index in [1.165, 1.54) is 12.1 Å². The van der Waals surface area contributed by atoms with E-state index >= 15 is 0 Å². The summed E-state index contributed by atoms with van der Waals surface area (Å²) in [4.78, 5) is 29.6. The summed E-state index contributed by atoms with van der Waals surface area (Å²) in [5, 5.41) is 3.03. The van der Waals surface area contributed by atoms with Crippen LogP contribution in [0.5, 0.6) is 5.75 Å². The highest BCUT2D eigenvalue weighted by molar-refractivity contribution is 7.89. The van der Waals surface area contributed by atoms with E-state index in [1.807, 2.05) is 84.9 Å². The van der Waals surface area contributed by atoms with Crippen molar-refractivity contribution in [3.63, 3.8) is 0 Å². The van der Waals surface area contributed by atoms with Crippen LogP contribution in [-0.4, -0.2) is 38.8 Å². The summed E-state index contributed by atoms with van der Waals surface area (Å²) in [7, 11) is -1.97. The van der Waals surface area contributed by atoms with Gasteiger partial charge in [0, 0.05) is 26.1 Å². The number of methoxy groups -OCH3 is 1. The summed E-state index contributed by atoms with van der Waals surface area (Å²) < 4.78 is 32.4. The van der Waals surface area contributed by atoms with Crippen LogP contribution in [0.2, 0.25) is 0 Å².